The van der Waals surface area contributed by atoms with Gasteiger partial charge in [-0.3, -0.25) is 0 Å². The summed E-state index contributed by atoms with van der Waals surface area (Å²) >= 11 is 0. The third kappa shape index (κ3) is 3.36. The van der Waals surface area contributed by atoms with Gasteiger partial charge in [-0.2, -0.15) is 5.10 Å². The Morgan fingerprint density at radius 3 is 2.75 bits per heavy atom. The van der Waals surface area contributed by atoms with Gasteiger partial charge < -0.3 is 15.6 Å². The quantitative estimate of drug-likeness (QED) is 0.633. The molecule has 0 aliphatic rings. The van der Waals surface area contributed by atoms with Gasteiger partial charge in [0.2, 0.25) is 0 Å². The molecule has 20 heavy (non-hydrogen) atoms. The summed E-state index contributed by atoms with van der Waals surface area (Å²) in [6.45, 7) is 1.94. The number of anilines is 1. The van der Waals surface area contributed by atoms with Crippen LogP contribution in [-0.2, 0) is 4.74 Å². The Balaban J connectivity index is 2.05. The normalized spacial score (nSPS) is 12.1. The fraction of sp³-hybridized carbons (Fsp3) is 0.286. The van der Waals surface area contributed by atoms with Crippen molar-refractivity contribution in [3.8, 4) is 5.69 Å². The molecule has 1 aromatic heterocycles. The SMILES string of the molecule is CC(CO)COC(=O)c1ccn(-c2ccc(N)cc2)n1. The van der Waals surface area contributed by atoms with E-state index in [0.717, 1.165) is 5.69 Å². The molecule has 0 bridgehead atoms. The zero-order valence-electron chi connectivity index (χ0n) is 11.2. The number of benzene rings is 1. The lowest BCUT2D eigenvalue weighted by molar-refractivity contribution is 0.0398. The van der Waals surface area contributed by atoms with Crippen molar-refractivity contribution in [1.29, 1.82) is 0 Å². The number of carbonyl (C=O) groups is 1. The number of aromatic nitrogens is 2. The van der Waals surface area contributed by atoms with Crippen LogP contribution in [0.25, 0.3) is 5.69 Å². The van der Waals surface area contributed by atoms with Crippen LogP contribution in [0.4, 0.5) is 5.69 Å². The predicted molar refractivity (Wildman–Crippen MR) is 74.5 cm³/mol. The first kappa shape index (κ1) is 14.1. The Morgan fingerprint density at radius 1 is 1.40 bits per heavy atom. The minimum atomic E-state index is -0.500. The van der Waals surface area contributed by atoms with Crippen LogP contribution in [0.3, 0.4) is 0 Å². The van der Waals surface area contributed by atoms with Crippen molar-refractivity contribution in [2.45, 2.75) is 6.92 Å². The molecule has 2 aromatic rings. The maximum atomic E-state index is 11.8. The van der Waals surface area contributed by atoms with E-state index in [1.54, 1.807) is 36.0 Å². The standard InChI is InChI=1S/C14H17N3O3/c1-10(8-18)9-20-14(19)13-6-7-17(16-13)12-4-2-11(15)3-5-12/h2-7,10,18H,8-9,15H2,1H3. The lowest BCUT2D eigenvalue weighted by atomic mass is 10.2. The average molecular weight is 275 g/mol. The van der Waals surface area contributed by atoms with E-state index in [1.165, 1.54) is 0 Å². The number of rotatable bonds is 5. The number of aliphatic hydroxyl groups excluding tert-OH is 1. The van der Waals surface area contributed by atoms with Crippen LogP contribution in [0, 0.1) is 5.92 Å². The number of nitrogen functional groups attached to an aromatic ring is 1. The van der Waals surface area contributed by atoms with Gasteiger partial charge in [-0.25, -0.2) is 9.48 Å². The number of ether oxygens (including phenoxy) is 1. The van der Waals surface area contributed by atoms with Crippen molar-refractivity contribution in [1.82, 2.24) is 9.78 Å². The second-order valence-corrected chi connectivity index (χ2v) is 4.62. The lowest BCUT2D eigenvalue weighted by Gasteiger charge is -2.07. The second-order valence-electron chi connectivity index (χ2n) is 4.62. The van der Waals surface area contributed by atoms with E-state index in [9.17, 15) is 4.79 Å². The fourth-order valence-corrected chi connectivity index (χ4v) is 1.55. The first-order valence-corrected chi connectivity index (χ1v) is 6.29. The molecule has 6 nitrogen and oxygen atoms in total. The molecule has 0 saturated carbocycles. The van der Waals surface area contributed by atoms with E-state index in [4.69, 9.17) is 15.6 Å². The Hall–Kier alpha value is -2.34. The van der Waals surface area contributed by atoms with Crippen LogP contribution in [0.15, 0.2) is 36.5 Å². The van der Waals surface area contributed by atoms with Gasteiger partial charge in [-0.05, 0) is 30.3 Å². The summed E-state index contributed by atoms with van der Waals surface area (Å²) in [4.78, 5) is 11.8. The lowest BCUT2D eigenvalue weighted by Crippen LogP contribution is -2.15. The highest BCUT2D eigenvalue weighted by atomic mass is 16.5. The van der Waals surface area contributed by atoms with Crippen molar-refractivity contribution in [3.05, 3.63) is 42.2 Å². The maximum Gasteiger partial charge on any atom is 0.358 e. The molecule has 2 rings (SSSR count). The number of esters is 1. The van der Waals surface area contributed by atoms with Gasteiger partial charge in [0.15, 0.2) is 5.69 Å². The molecule has 0 aliphatic heterocycles. The summed E-state index contributed by atoms with van der Waals surface area (Å²) in [5, 5.41) is 13.0. The maximum absolute atomic E-state index is 11.8. The van der Waals surface area contributed by atoms with E-state index in [1.807, 2.05) is 12.1 Å². The largest absolute Gasteiger partial charge is 0.461 e. The molecule has 106 valence electrons. The minimum Gasteiger partial charge on any atom is -0.461 e. The summed E-state index contributed by atoms with van der Waals surface area (Å²) in [5.41, 5.74) is 7.32. The zero-order valence-corrected chi connectivity index (χ0v) is 11.2. The minimum absolute atomic E-state index is 0.0207. The summed E-state index contributed by atoms with van der Waals surface area (Å²) in [6, 6.07) is 8.73. The van der Waals surface area contributed by atoms with E-state index in [-0.39, 0.29) is 24.8 Å². The highest BCUT2D eigenvalue weighted by Crippen LogP contribution is 2.11. The molecule has 0 fully saturated rings. The van der Waals surface area contributed by atoms with Gasteiger partial charge in [0.1, 0.15) is 0 Å². The Morgan fingerprint density at radius 2 is 2.10 bits per heavy atom. The van der Waals surface area contributed by atoms with Crippen molar-refractivity contribution in [2.24, 2.45) is 5.92 Å². The van der Waals surface area contributed by atoms with Gasteiger partial charge in [0.25, 0.3) is 0 Å². The average Bonchev–Trinajstić information content (AvgIpc) is 2.95. The fourth-order valence-electron chi connectivity index (χ4n) is 1.55. The number of nitrogens with two attached hydrogens (primary N) is 1. The molecule has 1 heterocycles. The Kier molecular flexibility index (Phi) is 4.37. The molecule has 0 spiro atoms. The number of aliphatic hydroxyl groups is 1. The molecule has 3 N–H and O–H groups in total. The molecule has 0 saturated heterocycles. The van der Waals surface area contributed by atoms with Crippen LogP contribution in [-0.4, -0.2) is 34.1 Å². The Labute approximate surface area is 116 Å². The third-order valence-electron chi connectivity index (χ3n) is 2.77. The first-order chi connectivity index (χ1) is 9.60. The van der Waals surface area contributed by atoms with E-state index < -0.39 is 5.97 Å². The van der Waals surface area contributed by atoms with Crippen molar-refractivity contribution in [2.75, 3.05) is 18.9 Å². The summed E-state index contributed by atoms with van der Waals surface area (Å²) in [6.07, 6.45) is 1.68. The van der Waals surface area contributed by atoms with E-state index in [0.29, 0.717) is 5.69 Å². The topological polar surface area (TPSA) is 90.4 Å². The molecule has 0 aliphatic carbocycles. The number of carbonyl (C=O) groups excluding carboxylic acids is 1. The monoisotopic (exact) mass is 275 g/mol. The van der Waals surface area contributed by atoms with Gasteiger partial charge >= 0.3 is 5.97 Å². The predicted octanol–water partition coefficient (Wildman–Crippen LogP) is 1.24. The van der Waals surface area contributed by atoms with Crippen LogP contribution in [0.5, 0.6) is 0 Å². The van der Waals surface area contributed by atoms with Gasteiger partial charge in [0, 0.05) is 24.4 Å². The highest BCUT2D eigenvalue weighted by molar-refractivity contribution is 5.87. The highest BCUT2D eigenvalue weighted by Gasteiger charge is 2.13. The zero-order chi connectivity index (χ0) is 14.5. The molecule has 0 amide bonds. The molecule has 1 atom stereocenters. The van der Waals surface area contributed by atoms with Gasteiger partial charge in [0.05, 0.1) is 12.3 Å². The Bertz CT molecular complexity index is 578. The number of hydrogen-bond donors (Lipinski definition) is 2. The summed E-state index contributed by atoms with van der Waals surface area (Å²) in [7, 11) is 0. The van der Waals surface area contributed by atoms with Gasteiger partial charge in [-0.1, -0.05) is 6.92 Å². The van der Waals surface area contributed by atoms with Gasteiger partial charge in [-0.15, -0.1) is 0 Å². The summed E-state index contributed by atoms with van der Waals surface area (Å²) in [5.74, 6) is -0.586. The second kappa shape index (κ2) is 6.21. The van der Waals surface area contributed by atoms with Crippen molar-refractivity contribution >= 4 is 11.7 Å². The van der Waals surface area contributed by atoms with Crippen LogP contribution < -0.4 is 5.73 Å². The summed E-state index contributed by atoms with van der Waals surface area (Å²) < 4.78 is 6.63. The van der Waals surface area contributed by atoms with Crippen LogP contribution in [0.2, 0.25) is 0 Å². The molecule has 0 radical (unpaired) electrons. The first-order valence-electron chi connectivity index (χ1n) is 6.29. The molecule has 6 heteroatoms. The third-order valence-corrected chi connectivity index (χ3v) is 2.77. The number of hydrogen-bond acceptors (Lipinski definition) is 5. The van der Waals surface area contributed by atoms with E-state index >= 15 is 0 Å². The smallest absolute Gasteiger partial charge is 0.358 e. The molecule has 1 unspecified atom stereocenters. The van der Waals surface area contributed by atoms with E-state index in [2.05, 4.69) is 5.10 Å². The van der Waals surface area contributed by atoms with Crippen molar-refractivity contribution in [3.63, 3.8) is 0 Å². The molecular weight excluding hydrogens is 258 g/mol. The molecule has 1 aromatic carbocycles. The number of nitrogens with zero attached hydrogens (tertiary/aromatic N) is 2. The van der Waals surface area contributed by atoms with Crippen LogP contribution >= 0.6 is 0 Å². The molecular formula is C14H17N3O3. The van der Waals surface area contributed by atoms with Crippen molar-refractivity contribution < 1.29 is 14.6 Å². The van der Waals surface area contributed by atoms with Crippen LogP contribution in [0.1, 0.15) is 17.4 Å².